The van der Waals surface area contributed by atoms with Crippen LogP contribution in [0.3, 0.4) is 0 Å². The molecule has 0 aromatic rings. The predicted molar refractivity (Wildman–Crippen MR) is 103 cm³/mol. The molecule has 0 rings (SSSR count). The molecule has 1 unspecified atom stereocenters. The van der Waals surface area contributed by atoms with Crippen LogP contribution in [-0.4, -0.2) is 30.5 Å². The quantitative estimate of drug-likeness (QED) is 0.183. The second-order valence-electron chi connectivity index (χ2n) is 6.68. The highest BCUT2D eigenvalue weighted by Gasteiger charge is 2.11. The van der Waals surface area contributed by atoms with Crippen LogP contribution in [0.4, 0.5) is 0 Å². The maximum absolute atomic E-state index is 11.7. The van der Waals surface area contributed by atoms with Crippen molar-refractivity contribution in [3.63, 3.8) is 0 Å². The maximum Gasteiger partial charge on any atom is 0.306 e. The van der Waals surface area contributed by atoms with E-state index in [2.05, 4.69) is 6.92 Å². The topological polar surface area (TPSA) is 52.6 Å². The Bertz CT molecular complexity index is 334. The zero-order chi connectivity index (χ0) is 18.8. The molecule has 0 aliphatic rings. The van der Waals surface area contributed by atoms with E-state index in [1.807, 2.05) is 6.92 Å². The molecule has 0 bridgehead atoms. The standard InChI is InChI=1S/C20H37ClO4/c1-3-4-9-13-18(2)25-20(23)15-12-14-19(22)24-17-11-8-6-5-7-10-16-21/h18H,3-17H2,1-2H3. The molecule has 0 aromatic heterocycles. The summed E-state index contributed by atoms with van der Waals surface area (Å²) < 4.78 is 10.5. The molecule has 148 valence electrons. The van der Waals surface area contributed by atoms with E-state index >= 15 is 0 Å². The van der Waals surface area contributed by atoms with Gasteiger partial charge >= 0.3 is 11.9 Å². The van der Waals surface area contributed by atoms with Crippen molar-refractivity contribution in [3.8, 4) is 0 Å². The van der Waals surface area contributed by atoms with Crippen LogP contribution in [0.15, 0.2) is 0 Å². The van der Waals surface area contributed by atoms with Gasteiger partial charge in [-0.2, -0.15) is 0 Å². The molecule has 25 heavy (non-hydrogen) atoms. The summed E-state index contributed by atoms with van der Waals surface area (Å²) >= 11 is 5.62. The number of hydrogen-bond donors (Lipinski definition) is 0. The van der Waals surface area contributed by atoms with Gasteiger partial charge in [-0.1, -0.05) is 45.4 Å². The first-order chi connectivity index (χ1) is 12.1. The lowest BCUT2D eigenvalue weighted by molar-refractivity contribution is -0.149. The van der Waals surface area contributed by atoms with Crippen molar-refractivity contribution < 1.29 is 19.1 Å². The summed E-state index contributed by atoms with van der Waals surface area (Å²) in [6.45, 7) is 4.56. The van der Waals surface area contributed by atoms with E-state index in [0.29, 0.717) is 13.0 Å². The average Bonchev–Trinajstić information content (AvgIpc) is 2.57. The number of carbonyl (C=O) groups excluding carboxylic acids is 2. The molecule has 0 saturated carbocycles. The molecule has 0 aliphatic carbocycles. The zero-order valence-electron chi connectivity index (χ0n) is 16.2. The van der Waals surface area contributed by atoms with Gasteiger partial charge in [0.2, 0.25) is 0 Å². The molecule has 0 saturated heterocycles. The van der Waals surface area contributed by atoms with E-state index in [1.54, 1.807) is 0 Å². The zero-order valence-corrected chi connectivity index (χ0v) is 17.0. The number of esters is 2. The molecule has 4 nitrogen and oxygen atoms in total. The highest BCUT2D eigenvalue weighted by molar-refractivity contribution is 6.17. The van der Waals surface area contributed by atoms with Gasteiger partial charge in [-0.05, 0) is 39.0 Å². The Morgan fingerprint density at radius 2 is 1.48 bits per heavy atom. The number of carbonyl (C=O) groups is 2. The van der Waals surface area contributed by atoms with Crippen LogP contribution < -0.4 is 0 Å². The fraction of sp³-hybridized carbons (Fsp3) is 0.900. The summed E-state index contributed by atoms with van der Waals surface area (Å²) in [5.41, 5.74) is 0. The van der Waals surface area contributed by atoms with Crippen molar-refractivity contribution in [3.05, 3.63) is 0 Å². The van der Waals surface area contributed by atoms with Gasteiger partial charge in [0.05, 0.1) is 12.7 Å². The van der Waals surface area contributed by atoms with Crippen molar-refractivity contribution in [2.45, 2.75) is 103 Å². The average molecular weight is 377 g/mol. The van der Waals surface area contributed by atoms with Gasteiger partial charge in [-0.25, -0.2) is 0 Å². The van der Waals surface area contributed by atoms with E-state index in [9.17, 15) is 9.59 Å². The highest BCUT2D eigenvalue weighted by Crippen LogP contribution is 2.09. The third-order valence-corrected chi connectivity index (χ3v) is 4.37. The Kier molecular flexibility index (Phi) is 17.5. The molecular formula is C20H37ClO4. The van der Waals surface area contributed by atoms with Crippen LogP contribution in [-0.2, 0) is 19.1 Å². The first kappa shape index (κ1) is 24.2. The van der Waals surface area contributed by atoms with E-state index in [4.69, 9.17) is 21.1 Å². The first-order valence-corrected chi connectivity index (χ1v) is 10.5. The lowest BCUT2D eigenvalue weighted by atomic mass is 10.1. The lowest BCUT2D eigenvalue weighted by Gasteiger charge is -2.12. The number of hydrogen-bond acceptors (Lipinski definition) is 4. The van der Waals surface area contributed by atoms with Crippen LogP contribution in [0.1, 0.15) is 97.3 Å². The second-order valence-corrected chi connectivity index (χ2v) is 7.06. The number of ether oxygens (including phenoxy) is 2. The minimum Gasteiger partial charge on any atom is -0.466 e. The van der Waals surface area contributed by atoms with Gasteiger partial charge in [-0.3, -0.25) is 9.59 Å². The van der Waals surface area contributed by atoms with E-state index < -0.39 is 0 Å². The molecule has 0 aliphatic heterocycles. The van der Waals surface area contributed by atoms with Gasteiger partial charge in [0, 0.05) is 18.7 Å². The van der Waals surface area contributed by atoms with Crippen LogP contribution in [0.5, 0.6) is 0 Å². The van der Waals surface area contributed by atoms with Gasteiger partial charge in [0.25, 0.3) is 0 Å². The molecule has 0 fully saturated rings. The molecule has 0 aromatic carbocycles. The second kappa shape index (κ2) is 18.0. The van der Waals surface area contributed by atoms with Crippen molar-refractivity contribution in [1.82, 2.24) is 0 Å². The molecule has 1 atom stereocenters. The highest BCUT2D eigenvalue weighted by atomic mass is 35.5. The number of halogens is 1. The number of unbranched alkanes of at least 4 members (excludes halogenated alkanes) is 7. The molecule has 0 amide bonds. The van der Waals surface area contributed by atoms with Crippen molar-refractivity contribution in [2.75, 3.05) is 12.5 Å². The minimum atomic E-state index is -0.217. The molecule has 0 radical (unpaired) electrons. The molecule has 0 spiro atoms. The molecule has 5 heteroatoms. The van der Waals surface area contributed by atoms with E-state index in [-0.39, 0.29) is 30.9 Å². The monoisotopic (exact) mass is 376 g/mol. The maximum atomic E-state index is 11.7. The SMILES string of the molecule is CCCCCC(C)OC(=O)CCCC(=O)OCCCCCCCCCl. The van der Waals surface area contributed by atoms with E-state index in [0.717, 1.165) is 50.8 Å². The van der Waals surface area contributed by atoms with Crippen LogP contribution in [0.2, 0.25) is 0 Å². The third-order valence-electron chi connectivity index (χ3n) is 4.10. The minimum absolute atomic E-state index is 0.0320. The fourth-order valence-electron chi connectivity index (χ4n) is 2.56. The van der Waals surface area contributed by atoms with Crippen LogP contribution in [0, 0.1) is 0 Å². The fourth-order valence-corrected chi connectivity index (χ4v) is 2.75. The summed E-state index contributed by atoms with van der Waals surface area (Å²) in [5, 5.41) is 0. The van der Waals surface area contributed by atoms with Gasteiger partial charge in [0.15, 0.2) is 0 Å². The molecule has 0 N–H and O–H groups in total. The van der Waals surface area contributed by atoms with E-state index in [1.165, 1.54) is 19.3 Å². The summed E-state index contributed by atoms with van der Waals surface area (Å²) in [6, 6.07) is 0. The van der Waals surface area contributed by atoms with Crippen LogP contribution in [0.25, 0.3) is 0 Å². The van der Waals surface area contributed by atoms with Gasteiger partial charge in [0.1, 0.15) is 0 Å². The summed E-state index contributed by atoms with van der Waals surface area (Å²) in [7, 11) is 0. The summed E-state index contributed by atoms with van der Waals surface area (Å²) in [5.74, 6) is 0.308. The Balaban J connectivity index is 3.46. The number of rotatable bonds is 17. The van der Waals surface area contributed by atoms with Crippen LogP contribution >= 0.6 is 11.6 Å². The molecular weight excluding hydrogens is 340 g/mol. The van der Waals surface area contributed by atoms with Crippen molar-refractivity contribution >= 4 is 23.5 Å². The Hall–Kier alpha value is -0.770. The lowest BCUT2D eigenvalue weighted by Crippen LogP contribution is -2.15. The third kappa shape index (κ3) is 17.8. The Morgan fingerprint density at radius 1 is 0.840 bits per heavy atom. The van der Waals surface area contributed by atoms with Gasteiger partial charge < -0.3 is 9.47 Å². The largest absolute Gasteiger partial charge is 0.466 e. The van der Waals surface area contributed by atoms with Gasteiger partial charge in [-0.15, -0.1) is 11.6 Å². The summed E-state index contributed by atoms with van der Waals surface area (Å²) in [4.78, 5) is 23.3. The molecule has 0 heterocycles. The van der Waals surface area contributed by atoms with Crippen molar-refractivity contribution in [2.24, 2.45) is 0 Å². The normalized spacial score (nSPS) is 12.0. The Morgan fingerprint density at radius 3 is 2.16 bits per heavy atom. The predicted octanol–water partition coefficient (Wildman–Crippen LogP) is 5.79. The smallest absolute Gasteiger partial charge is 0.306 e. The Labute approximate surface area is 159 Å². The first-order valence-electron chi connectivity index (χ1n) is 10.0. The number of alkyl halides is 1. The summed E-state index contributed by atoms with van der Waals surface area (Å²) in [6.07, 6.45) is 12.0. The van der Waals surface area contributed by atoms with Crippen molar-refractivity contribution in [1.29, 1.82) is 0 Å².